The second-order valence-corrected chi connectivity index (χ2v) is 6.98. The third kappa shape index (κ3) is 18.1. The van der Waals surface area contributed by atoms with Crippen LogP contribution < -0.4 is 0 Å². The quantitative estimate of drug-likeness (QED) is 0.168. The predicted molar refractivity (Wildman–Crippen MR) is 111 cm³/mol. The molecule has 144 valence electrons. The molecule has 2 nitrogen and oxygen atoms in total. The van der Waals surface area contributed by atoms with Gasteiger partial charge in [-0.3, -0.25) is 0 Å². The van der Waals surface area contributed by atoms with Gasteiger partial charge in [-0.15, -0.1) is 0 Å². The molecule has 0 heterocycles. The molecule has 0 aromatic carbocycles. The molecule has 0 aromatic rings. The number of unbranched alkanes of at least 4 members (excludes halogenated alkanes) is 2. The van der Waals surface area contributed by atoms with Crippen molar-refractivity contribution < 1.29 is 9.47 Å². The van der Waals surface area contributed by atoms with Crippen molar-refractivity contribution in [2.24, 2.45) is 11.8 Å². The molecule has 25 heavy (non-hydrogen) atoms. The SMILES string of the molecule is [B]CCCCCC(CC)CCCOCCCOCC(C)/C=C\C=C/C. The highest BCUT2D eigenvalue weighted by Crippen LogP contribution is 2.19. The van der Waals surface area contributed by atoms with Crippen molar-refractivity contribution in [3.05, 3.63) is 24.3 Å². The van der Waals surface area contributed by atoms with E-state index in [9.17, 15) is 0 Å². The van der Waals surface area contributed by atoms with Crippen LogP contribution in [0.1, 0.15) is 72.1 Å². The molecule has 0 fully saturated rings. The summed E-state index contributed by atoms with van der Waals surface area (Å²) in [6.07, 6.45) is 19.1. The Labute approximate surface area is 158 Å². The van der Waals surface area contributed by atoms with E-state index in [1.54, 1.807) is 0 Å². The Morgan fingerprint density at radius 3 is 2.32 bits per heavy atom. The van der Waals surface area contributed by atoms with Crippen molar-refractivity contribution in [2.45, 2.75) is 78.5 Å². The lowest BCUT2D eigenvalue weighted by Gasteiger charge is -2.14. The van der Waals surface area contributed by atoms with Gasteiger partial charge < -0.3 is 9.47 Å². The normalized spacial score (nSPS) is 14.5. The second-order valence-electron chi connectivity index (χ2n) is 6.98. The Kier molecular flexibility index (Phi) is 19.4. The largest absolute Gasteiger partial charge is 0.381 e. The summed E-state index contributed by atoms with van der Waals surface area (Å²) in [6.45, 7) is 9.79. The number of allylic oxidation sites excluding steroid dienone is 3. The third-order valence-corrected chi connectivity index (χ3v) is 4.50. The molecule has 0 aromatic heterocycles. The molecule has 0 N–H and O–H groups in total. The van der Waals surface area contributed by atoms with Crippen molar-refractivity contribution in [1.82, 2.24) is 0 Å². The predicted octanol–water partition coefficient (Wildman–Crippen LogP) is 6.13. The van der Waals surface area contributed by atoms with Gasteiger partial charge in [-0.25, -0.2) is 0 Å². The third-order valence-electron chi connectivity index (χ3n) is 4.50. The van der Waals surface area contributed by atoms with Crippen molar-refractivity contribution in [1.29, 1.82) is 0 Å². The first-order valence-electron chi connectivity index (χ1n) is 10.4. The van der Waals surface area contributed by atoms with Crippen LogP contribution in [-0.4, -0.2) is 34.3 Å². The summed E-state index contributed by atoms with van der Waals surface area (Å²) in [5, 5.41) is 0. The fourth-order valence-corrected chi connectivity index (χ4v) is 2.84. The van der Waals surface area contributed by atoms with Crippen molar-refractivity contribution in [3.8, 4) is 0 Å². The maximum Gasteiger partial charge on any atom is 0.0653 e. The van der Waals surface area contributed by atoms with Crippen LogP contribution in [0.15, 0.2) is 24.3 Å². The topological polar surface area (TPSA) is 18.5 Å². The van der Waals surface area contributed by atoms with Crippen LogP contribution in [0.4, 0.5) is 0 Å². The van der Waals surface area contributed by atoms with Crippen molar-refractivity contribution in [3.63, 3.8) is 0 Å². The lowest BCUT2D eigenvalue weighted by atomic mass is 9.92. The lowest BCUT2D eigenvalue weighted by Crippen LogP contribution is -2.07. The molecule has 0 saturated heterocycles. The van der Waals surface area contributed by atoms with Crippen LogP contribution in [0.2, 0.25) is 6.32 Å². The highest BCUT2D eigenvalue weighted by Gasteiger charge is 2.05. The molecule has 0 rings (SSSR count). The Morgan fingerprint density at radius 1 is 0.880 bits per heavy atom. The van der Waals surface area contributed by atoms with Gasteiger partial charge in [-0.05, 0) is 38.0 Å². The molecule has 3 heteroatoms. The van der Waals surface area contributed by atoms with E-state index < -0.39 is 0 Å². The van der Waals surface area contributed by atoms with Gasteiger partial charge >= 0.3 is 0 Å². The minimum absolute atomic E-state index is 0.466. The van der Waals surface area contributed by atoms with E-state index >= 15 is 0 Å². The number of hydrogen-bond donors (Lipinski definition) is 0. The highest BCUT2D eigenvalue weighted by molar-refractivity contribution is 6.08. The smallest absolute Gasteiger partial charge is 0.0653 e. The fraction of sp³-hybridized carbons (Fsp3) is 0.818. The zero-order chi connectivity index (χ0) is 18.6. The molecular formula is C22H41BO2. The number of ether oxygens (including phenoxy) is 2. The average Bonchev–Trinajstić information content (AvgIpc) is 2.62. The van der Waals surface area contributed by atoms with Gasteiger partial charge in [-0.1, -0.05) is 76.6 Å². The number of hydrogen-bond acceptors (Lipinski definition) is 2. The summed E-state index contributed by atoms with van der Waals surface area (Å²) in [7, 11) is 5.54. The number of rotatable bonds is 18. The van der Waals surface area contributed by atoms with E-state index in [1.807, 2.05) is 19.1 Å². The van der Waals surface area contributed by atoms with E-state index in [2.05, 4.69) is 26.0 Å². The first-order valence-corrected chi connectivity index (χ1v) is 10.4. The van der Waals surface area contributed by atoms with Crippen LogP contribution in [0.3, 0.4) is 0 Å². The Hall–Kier alpha value is -0.535. The minimum Gasteiger partial charge on any atom is -0.381 e. The summed E-state index contributed by atoms with van der Waals surface area (Å²) >= 11 is 0. The monoisotopic (exact) mass is 348 g/mol. The van der Waals surface area contributed by atoms with Gasteiger partial charge in [0.2, 0.25) is 0 Å². The van der Waals surface area contributed by atoms with E-state index in [0.717, 1.165) is 45.1 Å². The summed E-state index contributed by atoms with van der Waals surface area (Å²) in [4.78, 5) is 0. The Morgan fingerprint density at radius 2 is 1.60 bits per heavy atom. The first-order chi connectivity index (χ1) is 12.2. The van der Waals surface area contributed by atoms with Gasteiger partial charge in [0.05, 0.1) is 14.5 Å². The van der Waals surface area contributed by atoms with Crippen LogP contribution in [0.5, 0.6) is 0 Å². The molecule has 0 aliphatic heterocycles. The molecule has 0 spiro atoms. The van der Waals surface area contributed by atoms with Crippen LogP contribution >= 0.6 is 0 Å². The minimum atomic E-state index is 0.466. The summed E-state index contributed by atoms with van der Waals surface area (Å²) in [5.74, 6) is 1.33. The van der Waals surface area contributed by atoms with E-state index in [-0.39, 0.29) is 0 Å². The maximum absolute atomic E-state index is 5.74. The molecule has 0 bridgehead atoms. The fourth-order valence-electron chi connectivity index (χ4n) is 2.84. The highest BCUT2D eigenvalue weighted by atomic mass is 16.5. The standard InChI is InChI=1S/C22H41BO2/c1-4-6-8-13-21(3)20-25-19-12-18-24-17-11-15-22(5-2)14-9-7-10-16-23/h4,6,8,13,21-22H,5,7,9-12,14-20H2,1-3H3/b6-4-,13-8-. The zero-order valence-corrected chi connectivity index (χ0v) is 17.1. The molecule has 0 saturated carbocycles. The van der Waals surface area contributed by atoms with Gasteiger partial charge in [0, 0.05) is 19.8 Å². The summed E-state index contributed by atoms with van der Waals surface area (Å²) in [5.41, 5.74) is 0. The molecule has 2 atom stereocenters. The van der Waals surface area contributed by atoms with Crippen LogP contribution in [0.25, 0.3) is 0 Å². The Bertz CT molecular complexity index is 315. The molecule has 2 radical (unpaired) electrons. The summed E-state index contributed by atoms with van der Waals surface area (Å²) in [6, 6.07) is 0. The van der Waals surface area contributed by atoms with Gasteiger partial charge in [0.1, 0.15) is 0 Å². The Balaban J connectivity index is 3.39. The molecular weight excluding hydrogens is 307 g/mol. The molecule has 0 aliphatic carbocycles. The van der Waals surface area contributed by atoms with Crippen molar-refractivity contribution in [2.75, 3.05) is 26.4 Å². The van der Waals surface area contributed by atoms with E-state index in [0.29, 0.717) is 5.92 Å². The zero-order valence-electron chi connectivity index (χ0n) is 17.1. The van der Waals surface area contributed by atoms with Gasteiger partial charge in [-0.2, -0.15) is 0 Å². The van der Waals surface area contributed by atoms with E-state index in [4.69, 9.17) is 17.3 Å². The summed E-state index contributed by atoms with van der Waals surface area (Å²) < 4.78 is 11.4. The molecule has 2 unspecified atom stereocenters. The van der Waals surface area contributed by atoms with E-state index in [1.165, 1.54) is 44.9 Å². The maximum atomic E-state index is 5.74. The average molecular weight is 348 g/mol. The van der Waals surface area contributed by atoms with Crippen LogP contribution in [0, 0.1) is 11.8 Å². The lowest BCUT2D eigenvalue weighted by molar-refractivity contribution is 0.0724. The van der Waals surface area contributed by atoms with Gasteiger partial charge in [0.25, 0.3) is 0 Å². The first kappa shape index (κ1) is 24.5. The van der Waals surface area contributed by atoms with Crippen molar-refractivity contribution >= 4 is 7.85 Å². The van der Waals surface area contributed by atoms with Crippen LogP contribution in [-0.2, 0) is 9.47 Å². The second kappa shape index (κ2) is 19.8. The molecule has 0 aliphatic rings. The molecule has 0 amide bonds. The van der Waals surface area contributed by atoms with Gasteiger partial charge in [0.15, 0.2) is 0 Å².